The van der Waals surface area contributed by atoms with Crippen molar-refractivity contribution < 1.29 is 0 Å². The first-order chi connectivity index (χ1) is 8.92. The Bertz CT molecular complexity index is 812. The highest BCUT2D eigenvalue weighted by molar-refractivity contribution is 8.77. The molecule has 0 fully saturated rings. The van der Waals surface area contributed by atoms with Gasteiger partial charge < -0.3 is 0 Å². The third-order valence-electron chi connectivity index (χ3n) is 2.92. The Morgan fingerprint density at radius 2 is 1.17 bits per heavy atom. The highest BCUT2D eigenvalue weighted by Crippen LogP contribution is 2.62. The van der Waals surface area contributed by atoms with E-state index in [1.165, 1.54) is 38.3 Å². The molecule has 0 spiro atoms. The number of hydrogen-bond donors (Lipinski definition) is 0. The normalized spacial score (nSPS) is 14.2. The van der Waals surface area contributed by atoms with Crippen molar-refractivity contribution in [2.24, 2.45) is 0 Å². The molecule has 1 aliphatic rings. The number of thiophene rings is 4. The fraction of sp³-hybridized carbons (Fsp3) is 0. The second-order valence-corrected chi connectivity index (χ2v) is 10.0. The predicted molar refractivity (Wildman–Crippen MR) is 90.1 cm³/mol. The highest BCUT2D eigenvalue weighted by Gasteiger charge is 2.27. The van der Waals surface area contributed by atoms with Crippen LogP contribution in [0.3, 0.4) is 0 Å². The molecule has 6 heteroatoms. The van der Waals surface area contributed by atoms with Crippen molar-refractivity contribution >= 4 is 85.7 Å². The zero-order chi connectivity index (χ0) is 11.7. The number of rotatable bonds is 0. The van der Waals surface area contributed by atoms with E-state index in [0.717, 1.165) is 0 Å². The molecule has 0 aliphatic carbocycles. The van der Waals surface area contributed by atoms with Crippen LogP contribution in [-0.2, 0) is 0 Å². The van der Waals surface area contributed by atoms with Crippen LogP contribution >= 0.6 is 66.9 Å². The number of hydrogen-bond acceptors (Lipinski definition) is 6. The van der Waals surface area contributed by atoms with Crippen LogP contribution in [-0.4, -0.2) is 0 Å². The maximum atomic E-state index is 2.25. The maximum absolute atomic E-state index is 2.25. The maximum Gasteiger partial charge on any atom is 0.0620 e. The molecule has 4 aromatic rings. The van der Waals surface area contributed by atoms with Crippen molar-refractivity contribution in [1.29, 1.82) is 0 Å². The van der Waals surface area contributed by atoms with Crippen molar-refractivity contribution in [3.8, 4) is 9.75 Å². The first kappa shape index (κ1) is 10.8. The van der Waals surface area contributed by atoms with Crippen molar-refractivity contribution in [3.63, 3.8) is 0 Å². The second kappa shape index (κ2) is 3.77. The lowest BCUT2D eigenvalue weighted by molar-refractivity contribution is 1.62. The third kappa shape index (κ3) is 1.29. The van der Waals surface area contributed by atoms with Crippen molar-refractivity contribution in [2.45, 2.75) is 9.79 Å². The summed E-state index contributed by atoms with van der Waals surface area (Å²) < 4.78 is 5.86. The average Bonchev–Trinajstić information content (AvgIpc) is 3.06. The summed E-state index contributed by atoms with van der Waals surface area (Å²) in [6.45, 7) is 0. The van der Waals surface area contributed by atoms with E-state index in [0.29, 0.717) is 0 Å². The lowest BCUT2D eigenvalue weighted by atomic mass is 10.3. The summed E-state index contributed by atoms with van der Waals surface area (Å²) in [5.41, 5.74) is 0. The van der Waals surface area contributed by atoms with E-state index in [1.807, 2.05) is 66.9 Å². The van der Waals surface area contributed by atoms with Crippen LogP contribution in [0.1, 0.15) is 0 Å². The van der Waals surface area contributed by atoms with E-state index in [4.69, 9.17) is 0 Å². The Morgan fingerprint density at radius 1 is 0.667 bits per heavy atom. The van der Waals surface area contributed by atoms with E-state index in [-0.39, 0.29) is 0 Å². The van der Waals surface area contributed by atoms with Crippen LogP contribution in [0.15, 0.2) is 32.7 Å². The fourth-order valence-electron chi connectivity index (χ4n) is 2.14. The smallest absolute Gasteiger partial charge is 0.0620 e. The Hall–Kier alpha value is 0.0200. The summed E-state index contributed by atoms with van der Waals surface area (Å²) in [6.07, 6.45) is 0. The topological polar surface area (TPSA) is 0 Å². The van der Waals surface area contributed by atoms with Crippen LogP contribution in [0.2, 0.25) is 0 Å². The highest BCUT2D eigenvalue weighted by atomic mass is 33.1. The Balaban J connectivity index is 1.93. The van der Waals surface area contributed by atoms with Gasteiger partial charge in [0.25, 0.3) is 0 Å². The molecule has 1 aliphatic heterocycles. The van der Waals surface area contributed by atoms with Crippen molar-refractivity contribution in [1.82, 2.24) is 0 Å². The summed E-state index contributed by atoms with van der Waals surface area (Å²) in [5.74, 6) is 0. The van der Waals surface area contributed by atoms with Gasteiger partial charge >= 0.3 is 0 Å². The van der Waals surface area contributed by atoms with Gasteiger partial charge in [0.05, 0.1) is 28.9 Å². The molecule has 0 N–H and O–H groups in total. The van der Waals surface area contributed by atoms with E-state index in [1.54, 1.807) is 0 Å². The molecular weight excluding hydrogens is 337 g/mol. The van der Waals surface area contributed by atoms with Gasteiger partial charge in [-0.3, -0.25) is 0 Å². The molecule has 5 heterocycles. The summed E-state index contributed by atoms with van der Waals surface area (Å²) in [4.78, 5) is 6.00. The molecule has 0 nitrogen and oxygen atoms in total. The third-order valence-corrected chi connectivity index (χ3v) is 10.5. The van der Waals surface area contributed by atoms with E-state index < -0.39 is 0 Å². The van der Waals surface area contributed by atoms with Gasteiger partial charge in [0.15, 0.2) is 0 Å². The van der Waals surface area contributed by atoms with Crippen molar-refractivity contribution in [3.05, 3.63) is 22.9 Å². The van der Waals surface area contributed by atoms with Gasteiger partial charge in [-0.15, -0.1) is 45.3 Å². The standard InChI is InChI=1S/C12H4S6/c1-3-13-7-5(1)15-9-10-12(18-17-11(7)9)8-6(16-10)2-4-14-8/h1-4H. The van der Waals surface area contributed by atoms with Crippen LogP contribution < -0.4 is 0 Å². The second-order valence-electron chi connectivity index (χ2n) is 3.92. The quantitative estimate of drug-likeness (QED) is 0.315. The zero-order valence-electron chi connectivity index (χ0n) is 8.76. The summed E-state index contributed by atoms with van der Waals surface area (Å²) >= 11 is 7.67. The molecule has 0 amide bonds. The summed E-state index contributed by atoms with van der Waals surface area (Å²) in [6, 6.07) is 4.51. The first-order valence-electron chi connectivity index (χ1n) is 5.27. The largest absolute Gasteiger partial charge is 0.142 e. The molecule has 0 unspecified atom stereocenters. The molecular formula is C12H4S6. The summed E-state index contributed by atoms with van der Waals surface area (Å²) in [7, 11) is 3.89. The molecule has 0 saturated carbocycles. The SMILES string of the molecule is c1cc2sc3c(c2s1)SSc1c-3sc2ccsc12. The molecule has 0 atom stereocenters. The molecule has 0 bridgehead atoms. The van der Waals surface area contributed by atoms with Gasteiger partial charge in [0.1, 0.15) is 0 Å². The van der Waals surface area contributed by atoms with Crippen molar-refractivity contribution in [2.75, 3.05) is 0 Å². The number of fused-ring (bicyclic) bond motifs is 7. The van der Waals surface area contributed by atoms with Gasteiger partial charge in [0, 0.05) is 9.40 Å². The van der Waals surface area contributed by atoms with E-state index in [2.05, 4.69) is 22.9 Å². The van der Waals surface area contributed by atoms with Crippen LogP contribution in [0.5, 0.6) is 0 Å². The molecule has 4 aromatic heterocycles. The Morgan fingerprint density at radius 3 is 1.67 bits per heavy atom. The van der Waals surface area contributed by atoms with Crippen LogP contribution in [0, 0.1) is 0 Å². The zero-order valence-corrected chi connectivity index (χ0v) is 13.7. The van der Waals surface area contributed by atoms with Gasteiger partial charge in [-0.25, -0.2) is 0 Å². The molecule has 18 heavy (non-hydrogen) atoms. The fourth-order valence-corrected chi connectivity index (χ4v) is 10.9. The molecule has 0 aromatic carbocycles. The van der Waals surface area contributed by atoms with Crippen LogP contribution in [0.25, 0.3) is 28.6 Å². The van der Waals surface area contributed by atoms with Crippen LogP contribution in [0.4, 0.5) is 0 Å². The Labute approximate surface area is 127 Å². The monoisotopic (exact) mass is 340 g/mol. The van der Waals surface area contributed by atoms with E-state index in [9.17, 15) is 0 Å². The Kier molecular flexibility index (Phi) is 2.26. The van der Waals surface area contributed by atoms with Gasteiger partial charge in [0.2, 0.25) is 0 Å². The van der Waals surface area contributed by atoms with Gasteiger partial charge in [-0.2, -0.15) is 0 Å². The van der Waals surface area contributed by atoms with Gasteiger partial charge in [-0.05, 0) is 44.5 Å². The van der Waals surface area contributed by atoms with E-state index >= 15 is 0 Å². The molecule has 88 valence electrons. The molecule has 0 radical (unpaired) electrons. The van der Waals surface area contributed by atoms with Gasteiger partial charge in [-0.1, -0.05) is 0 Å². The molecule has 5 rings (SSSR count). The predicted octanol–water partition coefficient (Wildman–Crippen LogP) is 7.02. The lowest BCUT2D eigenvalue weighted by Gasteiger charge is -2.10. The minimum absolute atomic E-state index is 1.45. The lowest BCUT2D eigenvalue weighted by Crippen LogP contribution is -1.77. The summed E-state index contributed by atoms with van der Waals surface area (Å²) in [5, 5.41) is 4.41. The minimum atomic E-state index is 1.45. The molecule has 0 saturated heterocycles. The first-order valence-corrected chi connectivity index (χ1v) is 10.8. The average molecular weight is 341 g/mol. The minimum Gasteiger partial charge on any atom is -0.142 e.